The van der Waals surface area contributed by atoms with E-state index in [1.54, 1.807) is 14.2 Å². The van der Waals surface area contributed by atoms with Crippen LogP contribution in [0.1, 0.15) is 30.5 Å². The van der Waals surface area contributed by atoms with Crippen molar-refractivity contribution in [3.8, 4) is 11.5 Å². The van der Waals surface area contributed by atoms with Gasteiger partial charge in [0.25, 0.3) is 0 Å². The van der Waals surface area contributed by atoms with Gasteiger partial charge in [0.15, 0.2) is 11.5 Å². The number of hydrogen-bond donors (Lipinski definition) is 2. The van der Waals surface area contributed by atoms with Crippen molar-refractivity contribution in [1.29, 1.82) is 0 Å². The number of hydrogen-bond acceptors (Lipinski definition) is 5. The summed E-state index contributed by atoms with van der Waals surface area (Å²) in [5.41, 5.74) is 1.95. The van der Waals surface area contributed by atoms with Gasteiger partial charge in [-0.1, -0.05) is 0 Å². The number of aryl methyl sites for hydroxylation is 1. The van der Waals surface area contributed by atoms with Crippen molar-refractivity contribution in [3.63, 3.8) is 0 Å². The average Bonchev–Trinajstić information content (AvgIpc) is 3.02. The third-order valence-corrected chi connectivity index (χ3v) is 4.61. The van der Waals surface area contributed by atoms with E-state index in [1.165, 1.54) is 0 Å². The zero-order valence-corrected chi connectivity index (χ0v) is 15.2. The van der Waals surface area contributed by atoms with Gasteiger partial charge in [-0.3, -0.25) is 14.5 Å². The second kappa shape index (κ2) is 8.20. The first-order valence-electron chi connectivity index (χ1n) is 8.32. The third kappa shape index (κ3) is 4.63. The van der Waals surface area contributed by atoms with Crippen molar-refractivity contribution in [3.05, 3.63) is 23.3 Å². The lowest BCUT2D eigenvalue weighted by atomic mass is 10.0. The van der Waals surface area contributed by atoms with Crippen LogP contribution in [0.5, 0.6) is 11.5 Å². The molecule has 0 radical (unpaired) electrons. The zero-order chi connectivity index (χ0) is 18.6. The Morgan fingerprint density at radius 1 is 1.32 bits per heavy atom. The average molecular weight is 350 g/mol. The Morgan fingerprint density at radius 2 is 1.96 bits per heavy atom. The summed E-state index contributed by atoms with van der Waals surface area (Å²) < 4.78 is 10.6. The minimum atomic E-state index is -0.794. The lowest BCUT2D eigenvalue weighted by Crippen LogP contribution is -2.37. The molecule has 1 aliphatic rings. The summed E-state index contributed by atoms with van der Waals surface area (Å²) in [5, 5.41) is 12.0. The normalized spacial score (nSPS) is 18.6. The first-order chi connectivity index (χ1) is 11.8. The number of carboxylic acid groups (broad SMARTS) is 1. The van der Waals surface area contributed by atoms with Gasteiger partial charge in [-0.15, -0.1) is 0 Å². The number of carbonyl (C=O) groups is 2. The molecule has 0 bridgehead atoms. The molecule has 1 aromatic rings. The molecule has 2 unspecified atom stereocenters. The molecule has 0 aliphatic carbocycles. The van der Waals surface area contributed by atoms with Crippen LogP contribution in [0.25, 0.3) is 0 Å². The standard InChI is InChI=1S/C18H26N2O5/c1-11-7-15(24-3)16(25-4)8-14(11)12(2)19-17(21)10-20-6-5-13(9-20)18(22)23/h7-8,12-13H,5-6,9-10H2,1-4H3,(H,19,21)(H,22,23). The Labute approximate surface area is 147 Å². The highest BCUT2D eigenvalue weighted by Gasteiger charge is 2.29. The lowest BCUT2D eigenvalue weighted by molar-refractivity contribution is -0.141. The number of carboxylic acids is 1. The molecule has 1 saturated heterocycles. The molecule has 1 heterocycles. The number of nitrogens with zero attached hydrogens (tertiary/aromatic N) is 1. The summed E-state index contributed by atoms with van der Waals surface area (Å²) in [6, 6.07) is 3.56. The molecule has 2 rings (SSSR count). The number of aliphatic carboxylic acids is 1. The predicted molar refractivity (Wildman–Crippen MR) is 93.0 cm³/mol. The van der Waals surface area contributed by atoms with Crippen molar-refractivity contribution in [2.24, 2.45) is 5.92 Å². The highest BCUT2D eigenvalue weighted by molar-refractivity contribution is 5.79. The van der Waals surface area contributed by atoms with Crippen LogP contribution in [0.15, 0.2) is 12.1 Å². The molecule has 0 saturated carbocycles. The molecule has 7 nitrogen and oxygen atoms in total. The van der Waals surface area contributed by atoms with Gasteiger partial charge in [0, 0.05) is 6.54 Å². The number of methoxy groups -OCH3 is 2. The summed E-state index contributed by atoms with van der Waals surface area (Å²) in [6.45, 7) is 5.13. The molecule has 25 heavy (non-hydrogen) atoms. The van der Waals surface area contributed by atoms with Gasteiger partial charge >= 0.3 is 5.97 Å². The van der Waals surface area contributed by atoms with Crippen LogP contribution in [0.4, 0.5) is 0 Å². The first-order valence-corrected chi connectivity index (χ1v) is 8.32. The maximum atomic E-state index is 12.3. The maximum Gasteiger partial charge on any atom is 0.307 e. The fourth-order valence-corrected chi connectivity index (χ4v) is 3.21. The fourth-order valence-electron chi connectivity index (χ4n) is 3.21. The Bertz CT molecular complexity index is 647. The predicted octanol–water partition coefficient (Wildman–Crippen LogP) is 1.60. The van der Waals surface area contributed by atoms with E-state index >= 15 is 0 Å². The van der Waals surface area contributed by atoms with Crippen LogP contribution in [0.2, 0.25) is 0 Å². The highest BCUT2D eigenvalue weighted by atomic mass is 16.5. The number of amides is 1. The number of ether oxygens (including phenoxy) is 2. The van der Waals surface area contributed by atoms with Gasteiger partial charge in [0.05, 0.1) is 32.7 Å². The molecule has 1 fully saturated rings. The minimum Gasteiger partial charge on any atom is -0.493 e. The van der Waals surface area contributed by atoms with E-state index in [9.17, 15) is 9.59 Å². The van der Waals surface area contributed by atoms with E-state index in [4.69, 9.17) is 14.6 Å². The van der Waals surface area contributed by atoms with E-state index < -0.39 is 5.97 Å². The first kappa shape index (κ1) is 19.1. The number of rotatable bonds is 7. The molecule has 2 N–H and O–H groups in total. The maximum absolute atomic E-state index is 12.3. The molecule has 0 aromatic heterocycles. The van der Waals surface area contributed by atoms with Crippen LogP contribution < -0.4 is 14.8 Å². The van der Waals surface area contributed by atoms with Gasteiger partial charge in [0.2, 0.25) is 5.91 Å². The van der Waals surface area contributed by atoms with Gasteiger partial charge in [0.1, 0.15) is 0 Å². The monoisotopic (exact) mass is 350 g/mol. The SMILES string of the molecule is COc1cc(C)c(C(C)NC(=O)CN2CCC(C(=O)O)C2)cc1OC. The van der Waals surface area contributed by atoms with E-state index in [-0.39, 0.29) is 24.4 Å². The molecule has 7 heteroatoms. The quantitative estimate of drug-likeness (QED) is 0.776. The van der Waals surface area contributed by atoms with Crippen molar-refractivity contribution < 1.29 is 24.2 Å². The number of carbonyl (C=O) groups excluding carboxylic acids is 1. The summed E-state index contributed by atoms with van der Waals surface area (Å²) in [4.78, 5) is 25.2. The summed E-state index contributed by atoms with van der Waals surface area (Å²) in [6.07, 6.45) is 0.590. The topological polar surface area (TPSA) is 88.1 Å². The number of likely N-dealkylation sites (tertiary alicyclic amines) is 1. The fraction of sp³-hybridized carbons (Fsp3) is 0.556. The molecule has 1 aromatic carbocycles. The summed E-state index contributed by atoms with van der Waals surface area (Å²) >= 11 is 0. The molecular formula is C18H26N2O5. The molecule has 2 atom stereocenters. The molecular weight excluding hydrogens is 324 g/mol. The van der Waals surface area contributed by atoms with Crippen molar-refractivity contribution in [2.45, 2.75) is 26.3 Å². The smallest absolute Gasteiger partial charge is 0.307 e. The van der Waals surface area contributed by atoms with Crippen LogP contribution >= 0.6 is 0 Å². The summed E-state index contributed by atoms with van der Waals surface area (Å²) in [5.74, 6) is -0.0182. The van der Waals surface area contributed by atoms with Crippen LogP contribution in [-0.4, -0.2) is 55.7 Å². The molecule has 1 amide bonds. The number of benzene rings is 1. The van der Waals surface area contributed by atoms with Crippen LogP contribution in [0, 0.1) is 12.8 Å². The molecule has 1 aliphatic heterocycles. The van der Waals surface area contributed by atoms with Gasteiger partial charge in [-0.25, -0.2) is 0 Å². The number of nitrogens with one attached hydrogen (secondary N) is 1. The van der Waals surface area contributed by atoms with Gasteiger partial charge in [-0.05, 0) is 50.1 Å². The van der Waals surface area contributed by atoms with E-state index in [1.807, 2.05) is 30.9 Å². The highest BCUT2D eigenvalue weighted by Crippen LogP contribution is 2.32. The van der Waals surface area contributed by atoms with Crippen LogP contribution in [0.3, 0.4) is 0 Å². The van der Waals surface area contributed by atoms with E-state index in [0.29, 0.717) is 31.0 Å². The van der Waals surface area contributed by atoms with E-state index in [2.05, 4.69) is 5.32 Å². The Morgan fingerprint density at radius 3 is 2.52 bits per heavy atom. The van der Waals surface area contributed by atoms with Gasteiger partial charge < -0.3 is 19.9 Å². The Kier molecular flexibility index (Phi) is 6.25. The van der Waals surface area contributed by atoms with Crippen molar-refractivity contribution >= 4 is 11.9 Å². The van der Waals surface area contributed by atoms with E-state index in [0.717, 1.165) is 11.1 Å². The lowest BCUT2D eigenvalue weighted by Gasteiger charge is -2.21. The van der Waals surface area contributed by atoms with Gasteiger partial charge in [-0.2, -0.15) is 0 Å². The second-order valence-electron chi connectivity index (χ2n) is 6.41. The second-order valence-corrected chi connectivity index (χ2v) is 6.41. The van der Waals surface area contributed by atoms with Crippen molar-refractivity contribution in [2.75, 3.05) is 33.9 Å². The largest absolute Gasteiger partial charge is 0.493 e. The van der Waals surface area contributed by atoms with Crippen LogP contribution in [-0.2, 0) is 9.59 Å². The zero-order valence-electron chi connectivity index (χ0n) is 15.2. The summed E-state index contributed by atoms with van der Waals surface area (Å²) in [7, 11) is 3.16. The third-order valence-electron chi connectivity index (χ3n) is 4.61. The molecule has 0 spiro atoms. The molecule has 138 valence electrons. The minimum absolute atomic E-state index is 0.118. The Balaban J connectivity index is 1.98. The van der Waals surface area contributed by atoms with Crippen molar-refractivity contribution in [1.82, 2.24) is 10.2 Å². The Hall–Kier alpha value is -2.28.